The minimum Gasteiger partial charge on any atom is -0.493 e. The summed E-state index contributed by atoms with van der Waals surface area (Å²) in [5.74, 6) is 1.35. The Balaban J connectivity index is 2.16. The summed E-state index contributed by atoms with van der Waals surface area (Å²) in [6.45, 7) is 0. The molecule has 2 heterocycles. The average Bonchev–Trinajstić information content (AvgIpc) is 2.83. The minimum absolute atomic E-state index is 0.652. The van der Waals surface area contributed by atoms with Crippen LogP contribution in [0.1, 0.15) is 0 Å². The number of aromatic nitrogens is 3. The van der Waals surface area contributed by atoms with E-state index in [9.17, 15) is 0 Å². The van der Waals surface area contributed by atoms with Gasteiger partial charge in [-0.2, -0.15) is 0 Å². The number of nitrogens with two attached hydrogens (primary N) is 1. The first-order valence-electron chi connectivity index (χ1n) is 5.53. The summed E-state index contributed by atoms with van der Waals surface area (Å²) in [5.41, 5.74) is 8.01. The van der Waals surface area contributed by atoms with Gasteiger partial charge in [0.05, 0.1) is 7.11 Å². The third-order valence-electron chi connectivity index (χ3n) is 2.72. The number of hydrogen-bond acceptors (Lipinski definition) is 4. The summed E-state index contributed by atoms with van der Waals surface area (Å²) in [7, 11) is 1.62. The van der Waals surface area contributed by atoms with Crippen LogP contribution in [0, 0.1) is 0 Å². The highest BCUT2D eigenvalue weighted by Crippen LogP contribution is 2.22. The van der Waals surface area contributed by atoms with Gasteiger partial charge in [-0.1, -0.05) is 0 Å². The molecule has 5 nitrogen and oxygen atoms in total. The van der Waals surface area contributed by atoms with Crippen LogP contribution in [0.5, 0.6) is 5.75 Å². The van der Waals surface area contributed by atoms with E-state index in [1.54, 1.807) is 11.6 Å². The van der Waals surface area contributed by atoms with Gasteiger partial charge in [-0.05, 0) is 36.4 Å². The largest absolute Gasteiger partial charge is 0.493 e. The second-order valence-electron chi connectivity index (χ2n) is 3.90. The zero-order valence-electron chi connectivity index (χ0n) is 9.87. The van der Waals surface area contributed by atoms with Crippen LogP contribution in [0.2, 0.25) is 0 Å². The first-order chi connectivity index (χ1) is 8.78. The van der Waals surface area contributed by atoms with Crippen molar-refractivity contribution in [3.05, 3.63) is 42.6 Å². The molecule has 2 N–H and O–H groups in total. The number of hydrogen-bond donors (Lipinski definition) is 1. The number of nitrogen functional groups attached to an aromatic ring is 1. The summed E-state index contributed by atoms with van der Waals surface area (Å²) in [4.78, 5) is 4.47. The quantitative estimate of drug-likeness (QED) is 0.696. The van der Waals surface area contributed by atoms with Crippen molar-refractivity contribution in [1.82, 2.24) is 14.6 Å². The van der Waals surface area contributed by atoms with Gasteiger partial charge < -0.3 is 10.5 Å². The summed E-state index contributed by atoms with van der Waals surface area (Å²) in [6.07, 6.45) is 1.84. The van der Waals surface area contributed by atoms with Gasteiger partial charge in [0.1, 0.15) is 0 Å². The standard InChI is InChI=1S/C13H12N4O/c1-18-11-3-2-8-17-13(11)15-12(16-17)9-4-6-10(14)7-5-9/h2-8H,14H2,1H3. The number of rotatable bonds is 2. The molecule has 0 radical (unpaired) electrons. The van der Waals surface area contributed by atoms with Gasteiger partial charge in [0, 0.05) is 17.4 Å². The molecule has 0 aliphatic heterocycles. The molecule has 0 unspecified atom stereocenters. The number of ether oxygens (including phenoxy) is 1. The van der Waals surface area contributed by atoms with E-state index in [4.69, 9.17) is 10.5 Å². The van der Waals surface area contributed by atoms with Crippen molar-refractivity contribution in [2.75, 3.05) is 12.8 Å². The molecule has 0 saturated heterocycles. The smallest absolute Gasteiger partial charge is 0.198 e. The van der Waals surface area contributed by atoms with E-state index in [-0.39, 0.29) is 0 Å². The number of methoxy groups -OCH3 is 1. The third-order valence-corrected chi connectivity index (χ3v) is 2.72. The molecule has 0 fully saturated rings. The number of nitrogens with zero attached hydrogens (tertiary/aromatic N) is 3. The maximum Gasteiger partial charge on any atom is 0.198 e. The summed E-state index contributed by atoms with van der Waals surface area (Å²) < 4.78 is 6.95. The molecule has 18 heavy (non-hydrogen) atoms. The highest BCUT2D eigenvalue weighted by atomic mass is 16.5. The Morgan fingerprint density at radius 1 is 1.17 bits per heavy atom. The molecule has 90 valence electrons. The van der Waals surface area contributed by atoms with E-state index in [1.807, 2.05) is 42.6 Å². The second kappa shape index (κ2) is 4.03. The fourth-order valence-corrected chi connectivity index (χ4v) is 1.80. The van der Waals surface area contributed by atoms with Crippen LogP contribution in [-0.2, 0) is 0 Å². The first kappa shape index (κ1) is 10.6. The summed E-state index contributed by atoms with van der Waals surface area (Å²) in [5, 5.41) is 4.41. The van der Waals surface area contributed by atoms with E-state index in [0.29, 0.717) is 17.2 Å². The first-order valence-corrected chi connectivity index (χ1v) is 5.53. The van der Waals surface area contributed by atoms with Gasteiger partial charge in [-0.15, -0.1) is 5.10 Å². The predicted octanol–water partition coefficient (Wildman–Crippen LogP) is 1.99. The van der Waals surface area contributed by atoms with Crippen molar-refractivity contribution in [2.24, 2.45) is 0 Å². The number of benzene rings is 1. The Labute approximate surface area is 104 Å². The molecule has 0 aliphatic carbocycles. The molecule has 0 bridgehead atoms. The maximum atomic E-state index is 5.66. The van der Waals surface area contributed by atoms with E-state index in [1.165, 1.54) is 0 Å². The summed E-state index contributed by atoms with van der Waals surface area (Å²) >= 11 is 0. The normalized spacial score (nSPS) is 10.7. The SMILES string of the molecule is COc1cccn2nc(-c3ccc(N)cc3)nc12. The van der Waals surface area contributed by atoms with Gasteiger partial charge in [0.25, 0.3) is 0 Å². The van der Waals surface area contributed by atoms with Crippen LogP contribution in [0.25, 0.3) is 17.0 Å². The summed E-state index contributed by atoms with van der Waals surface area (Å²) in [6, 6.07) is 11.2. The molecule has 0 amide bonds. The van der Waals surface area contributed by atoms with Crippen molar-refractivity contribution < 1.29 is 4.74 Å². The molecule has 5 heteroatoms. The Morgan fingerprint density at radius 2 is 1.94 bits per heavy atom. The Morgan fingerprint density at radius 3 is 2.67 bits per heavy atom. The highest BCUT2D eigenvalue weighted by molar-refractivity contribution is 5.63. The van der Waals surface area contributed by atoms with Gasteiger partial charge in [-0.3, -0.25) is 0 Å². The van der Waals surface area contributed by atoms with Crippen molar-refractivity contribution in [1.29, 1.82) is 0 Å². The molecule has 2 aromatic heterocycles. The van der Waals surface area contributed by atoms with Crippen LogP contribution in [0.3, 0.4) is 0 Å². The zero-order chi connectivity index (χ0) is 12.5. The van der Waals surface area contributed by atoms with Crippen LogP contribution in [0.4, 0.5) is 5.69 Å². The van der Waals surface area contributed by atoms with E-state index >= 15 is 0 Å². The fraction of sp³-hybridized carbons (Fsp3) is 0.0769. The molecule has 1 aromatic carbocycles. The minimum atomic E-state index is 0.652. The van der Waals surface area contributed by atoms with E-state index in [0.717, 1.165) is 11.3 Å². The molecule has 3 aromatic rings. The predicted molar refractivity (Wildman–Crippen MR) is 69.4 cm³/mol. The van der Waals surface area contributed by atoms with Crippen molar-refractivity contribution in [3.8, 4) is 17.1 Å². The second-order valence-corrected chi connectivity index (χ2v) is 3.90. The molecule has 0 spiro atoms. The van der Waals surface area contributed by atoms with Crippen LogP contribution >= 0.6 is 0 Å². The lowest BCUT2D eigenvalue weighted by molar-refractivity contribution is 0.416. The van der Waals surface area contributed by atoms with Crippen molar-refractivity contribution in [2.45, 2.75) is 0 Å². The molecule has 0 saturated carbocycles. The van der Waals surface area contributed by atoms with Crippen LogP contribution in [0.15, 0.2) is 42.6 Å². The van der Waals surface area contributed by atoms with Crippen LogP contribution in [-0.4, -0.2) is 21.7 Å². The Bertz CT molecular complexity index is 688. The molecule has 3 rings (SSSR count). The average molecular weight is 240 g/mol. The lowest BCUT2D eigenvalue weighted by Crippen LogP contribution is -1.90. The van der Waals surface area contributed by atoms with Gasteiger partial charge in [0.2, 0.25) is 0 Å². The van der Waals surface area contributed by atoms with Gasteiger partial charge in [-0.25, -0.2) is 9.50 Å². The zero-order valence-corrected chi connectivity index (χ0v) is 9.87. The number of anilines is 1. The lowest BCUT2D eigenvalue weighted by atomic mass is 10.2. The molecule has 0 atom stereocenters. The van der Waals surface area contributed by atoms with Crippen molar-refractivity contribution >= 4 is 11.3 Å². The van der Waals surface area contributed by atoms with Gasteiger partial charge in [0.15, 0.2) is 17.2 Å². The fourth-order valence-electron chi connectivity index (χ4n) is 1.80. The number of pyridine rings is 1. The lowest BCUT2D eigenvalue weighted by Gasteiger charge is -1.98. The monoisotopic (exact) mass is 240 g/mol. The number of fused-ring (bicyclic) bond motifs is 1. The third kappa shape index (κ3) is 1.66. The van der Waals surface area contributed by atoms with E-state index < -0.39 is 0 Å². The van der Waals surface area contributed by atoms with Gasteiger partial charge >= 0.3 is 0 Å². The maximum absolute atomic E-state index is 5.66. The van der Waals surface area contributed by atoms with Crippen LogP contribution < -0.4 is 10.5 Å². The molecular weight excluding hydrogens is 228 g/mol. The highest BCUT2D eigenvalue weighted by Gasteiger charge is 2.09. The van der Waals surface area contributed by atoms with E-state index in [2.05, 4.69) is 10.1 Å². The van der Waals surface area contributed by atoms with Crippen molar-refractivity contribution in [3.63, 3.8) is 0 Å². The molecule has 0 aliphatic rings. The Kier molecular flexibility index (Phi) is 2.37. The topological polar surface area (TPSA) is 65.4 Å². The Hall–Kier alpha value is -2.56. The molecular formula is C13H12N4O.